The third kappa shape index (κ3) is 6.26. The number of alkyl halides is 3. The van der Waals surface area contributed by atoms with Crippen LogP contribution in [0.1, 0.15) is 35.7 Å². The van der Waals surface area contributed by atoms with E-state index in [1.165, 1.54) is 30.5 Å². The second kappa shape index (κ2) is 9.72. The summed E-state index contributed by atoms with van der Waals surface area (Å²) in [6.45, 7) is 2.01. The van der Waals surface area contributed by atoms with E-state index in [9.17, 15) is 22.8 Å². The number of hydrogen-bond acceptors (Lipinski definition) is 5. The Labute approximate surface area is 160 Å². The number of carbonyl (C=O) groups is 2. The predicted octanol–water partition coefficient (Wildman–Crippen LogP) is 3.92. The molecule has 0 aliphatic heterocycles. The quantitative estimate of drug-likeness (QED) is 0.523. The molecule has 0 fully saturated rings. The molecule has 0 aliphatic carbocycles. The zero-order chi connectivity index (χ0) is 20.6. The topological polar surface area (TPSA) is 80.3 Å². The molecule has 0 unspecified atom stereocenters. The van der Waals surface area contributed by atoms with Gasteiger partial charge in [-0.05, 0) is 36.8 Å². The van der Waals surface area contributed by atoms with Crippen molar-refractivity contribution in [3.8, 4) is 0 Å². The summed E-state index contributed by atoms with van der Waals surface area (Å²) in [5, 5.41) is 5.29. The lowest BCUT2D eigenvalue weighted by molar-refractivity contribution is -0.137. The van der Waals surface area contributed by atoms with Crippen molar-refractivity contribution in [1.82, 2.24) is 10.3 Å². The van der Waals surface area contributed by atoms with Crippen LogP contribution >= 0.6 is 0 Å². The Kier molecular flexibility index (Phi) is 7.36. The van der Waals surface area contributed by atoms with Gasteiger partial charge < -0.3 is 15.4 Å². The van der Waals surface area contributed by atoms with E-state index in [0.29, 0.717) is 6.54 Å². The van der Waals surface area contributed by atoms with E-state index in [1.807, 2.05) is 6.92 Å². The van der Waals surface area contributed by atoms with Crippen LogP contribution in [-0.4, -0.2) is 30.0 Å². The Balaban J connectivity index is 2.06. The first kappa shape index (κ1) is 21.2. The molecular formula is C19H20F3N3O3. The zero-order valence-electron chi connectivity index (χ0n) is 15.2. The van der Waals surface area contributed by atoms with Crippen molar-refractivity contribution in [3.63, 3.8) is 0 Å². The maximum absolute atomic E-state index is 12.8. The fourth-order valence-corrected chi connectivity index (χ4v) is 2.24. The molecule has 0 saturated carbocycles. The number of nitrogens with zero attached hydrogens (tertiary/aromatic N) is 1. The predicted molar refractivity (Wildman–Crippen MR) is 97.2 cm³/mol. The van der Waals surface area contributed by atoms with Crippen LogP contribution in [0, 0.1) is 0 Å². The van der Waals surface area contributed by atoms with Crippen LogP contribution in [-0.2, 0) is 15.7 Å². The van der Waals surface area contributed by atoms with E-state index in [2.05, 4.69) is 15.6 Å². The number of amides is 1. The standard InChI is InChI=1S/C19H20F3N3O3/c1-2-3-9-23-16(26)12-28-18(27)15-8-5-10-24-17(15)25-14-7-4-6-13(11-14)19(20,21)22/h4-8,10-11H,2-3,9,12H2,1H3,(H,23,26)(H,24,25). The number of carbonyl (C=O) groups excluding carboxylic acids is 2. The lowest BCUT2D eigenvalue weighted by atomic mass is 10.2. The average Bonchev–Trinajstić information content (AvgIpc) is 2.66. The molecular weight excluding hydrogens is 375 g/mol. The van der Waals surface area contributed by atoms with Gasteiger partial charge in [0.2, 0.25) is 0 Å². The van der Waals surface area contributed by atoms with Gasteiger partial charge in [-0.2, -0.15) is 13.2 Å². The van der Waals surface area contributed by atoms with Gasteiger partial charge in [-0.25, -0.2) is 9.78 Å². The average molecular weight is 395 g/mol. The molecule has 1 aromatic heterocycles. The van der Waals surface area contributed by atoms with E-state index < -0.39 is 30.2 Å². The van der Waals surface area contributed by atoms with Gasteiger partial charge in [0.15, 0.2) is 6.61 Å². The molecule has 6 nitrogen and oxygen atoms in total. The van der Waals surface area contributed by atoms with Gasteiger partial charge in [0.1, 0.15) is 11.4 Å². The second-order valence-electron chi connectivity index (χ2n) is 5.88. The minimum absolute atomic E-state index is 0.00118. The highest BCUT2D eigenvalue weighted by molar-refractivity contribution is 5.96. The number of ether oxygens (including phenoxy) is 1. The van der Waals surface area contributed by atoms with Crippen LogP contribution in [0.4, 0.5) is 24.7 Å². The van der Waals surface area contributed by atoms with Gasteiger partial charge in [0.05, 0.1) is 5.56 Å². The highest BCUT2D eigenvalue weighted by Crippen LogP contribution is 2.31. The first-order valence-corrected chi connectivity index (χ1v) is 8.64. The molecule has 0 aliphatic rings. The van der Waals surface area contributed by atoms with Gasteiger partial charge in [-0.15, -0.1) is 0 Å². The Morgan fingerprint density at radius 1 is 1.18 bits per heavy atom. The number of hydrogen-bond donors (Lipinski definition) is 2. The van der Waals surface area contributed by atoms with E-state index in [0.717, 1.165) is 25.0 Å². The molecule has 2 rings (SSSR count). The number of nitrogens with one attached hydrogen (secondary N) is 2. The smallest absolute Gasteiger partial charge is 0.416 e. The summed E-state index contributed by atoms with van der Waals surface area (Å²) in [6.07, 6.45) is -1.38. The minimum Gasteiger partial charge on any atom is -0.452 e. The molecule has 0 saturated heterocycles. The first-order valence-electron chi connectivity index (χ1n) is 8.64. The normalized spacial score (nSPS) is 11.0. The molecule has 28 heavy (non-hydrogen) atoms. The zero-order valence-corrected chi connectivity index (χ0v) is 15.2. The third-order valence-electron chi connectivity index (χ3n) is 3.67. The number of esters is 1. The SMILES string of the molecule is CCCCNC(=O)COC(=O)c1cccnc1Nc1cccc(C(F)(F)F)c1. The van der Waals surface area contributed by atoms with E-state index in [1.54, 1.807) is 0 Å². The Morgan fingerprint density at radius 2 is 1.96 bits per heavy atom. The Hall–Kier alpha value is -3.10. The second-order valence-corrected chi connectivity index (χ2v) is 5.88. The Morgan fingerprint density at radius 3 is 2.68 bits per heavy atom. The van der Waals surface area contributed by atoms with Gasteiger partial charge in [-0.1, -0.05) is 19.4 Å². The van der Waals surface area contributed by atoms with Crippen LogP contribution in [0.2, 0.25) is 0 Å². The number of benzene rings is 1. The van der Waals surface area contributed by atoms with Crippen molar-refractivity contribution in [2.24, 2.45) is 0 Å². The van der Waals surface area contributed by atoms with Gasteiger partial charge >= 0.3 is 12.1 Å². The van der Waals surface area contributed by atoms with Crippen LogP contribution in [0.5, 0.6) is 0 Å². The number of halogens is 3. The molecule has 0 bridgehead atoms. The van der Waals surface area contributed by atoms with Crippen molar-refractivity contribution in [2.45, 2.75) is 25.9 Å². The summed E-state index contributed by atoms with van der Waals surface area (Å²) in [6, 6.07) is 7.39. The van der Waals surface area contributed by atoms with Crippen molar-refractivity contribution in [1.29, 1.82) is 0 Å². The molecule has 9 heteroatoms. The molecule has 0 spiro atoms. The van der Waals surface area contributed by atoms with E-state index >= 15 is 0 Å². The lowest BCUT2D eigenvalue weighted by Gasteiger charge is -2.12. The third-order valence-corrected chi connectivity index (χ3v) is 3.67. The van der Waals surface area contributed by atoms with Crippen LogP contribution in [0.15, 0.2) is 42.6 Å². The summed E-state index contributed by atoms with van der Waals surface area (Å²) in [4.78, 5) is 27.9. The molecule has 0 atom stereocenters. The van der Waals surface area contributed by atoms with Gasteiger partial charge in [0.25, 0.3) is 5.91 Å². The summed E-state index contributed by atoms with van der Waals surface area (Å²) in [5.41, 5.74) is -0.720. The molecule has 0 radical (unpaired) electrons. The number of pyridine rings is 1. The summed E-state index contributed by atoms with van der Waals surface area (Å²) in [7, 11) is 0. The van der Waals surface area contributed by atoms with Crippen molar-refractivity contribution < 1.29 is 27.5 Å². The van der Waals surface area contributed by atoms with Gasteiger partial charge in [0, 0.05) is 18.4 Å². The maximum Gasteiger partial charge on any atom is 0.416 e. The first-order chi connectivity index (χ1) is 13.3. The molecule has 1 aromatic carbocycles. The highest BCUT2D eigenvalue weighted by atomic mass is 19.4. The van der Waals surface area contributed by atoms with Crippen LogP contribution < -0.4 is 10.6 Å². The molecule has 1 heterocycles. The number of anilines is 2. The fraction of sp³-hybridized carbons (Fsp3) is 0.316. The van der Waals surface area contributed by atoms with E-state index in [-0.39, 0.29) is 17.1 Å². The lowest BCUT2D eigenvalue weighted by Crippen LogP contribution is -2.29. The molecule has 2 N–H and O–H groups in total. The minimum atomic E-state index is -4.49. The molecule has 2 aromatic rings. The summed E-state index contributed by atoms with van der Waals surface area (Å²) < 4.78 is 43.5. The number of aromatic nitrogens is 1. The van der Waals surface area contributed by atoms with E-state index in [4.69, 9.17) is 4.74 Å². The number of unbranched alkanes of at least 4 members (excludes halogenated alkanes) is 1. The van der Waals surface area contributed by atoms with Crippen molar-refractivity contribution >= 4 is 23.4 Å². The van der Waals surface area contributed by atoms with Crippen LogP contribution in [0.3, 0.4) is 0 Å². The monoisotopic (exact) mass is 395 g/mol. The van der Waals surface area contributed by atoms with Crippen molar-refractivity contribution in [3.05, 3.63) is 53.7 Å². The van der Waals surface area contributed by atoms with Crippen molar-refractivity contribution in [2.75, 3.05) is 18.5 Å². The summed E-state index contributed by atoms with van der Waals surface area (Å²) in [5.74, 6) is -1.22. The maximum atomic E-state index is 12.8. The molecule has 1 amide bonds. The largest absolute Gasteiger partial charge is 0.452 e. The van der Waals surface area contributed by atoms with Crippen LogP contribution in [0.25, 0.3) is 0 Å². The fourth-order valence-electron chi connectivity index (χ4n) is 2.24. The summed E-state index contributed by atoms with van der Waals surface area (Å²) >= 11 is 0. The highest BCUT2D eigenvalue weighted by Gasteiger charge is 2.30. The van der Waals surface area contributed by atoms with Gasteiger partial charge in [-0.3, -0.25) is 4.79 Å². The molecule has 150 valence electrons. The number of rotatable bonds is 8. The Bertz CT molecular complexity index is 825.